The summed E-state index contributed by atoms with van der Waals surface area (Å²) in [7, 11) is 3.82. The monoisotopic (exact) mass is 257 g/mol. The molecule has 3 rings (SSSR count). The first-order chi connectivity index (χ1) is 9.26. The zero-order chi connectivity index (χ0) is 13.2. The van der Waals surface area contributed by atoms with Crippen LogP contribution in [0.3, 0.4) is 0 Å². The molecule has 1 aliphatic heterocycles. The molecule has 0 aliphatic carbocycles. The van der Waals surface area contributed by atoms with Crippen LogP contribution in [0.25, 0.3) is 10.9 Å². The quantitative estimate of drug-likeness (QED) is 0.822. The SMILES string of the molecule is COc1ccc2ccc(N3CCN(C)CC3)cc2n1. The van der Waals surface area contributed by atoms with Gasteiger partial charge in [-0.1, -0.05) is 6.07 Å². The summed E-state index contributed by atoms with van der Waals surface area (Å²) in [4.78, 5) is 9.28. The summed E-state index contributed by atoms with van der Waals surface area (Å²) in [5.74, 6) is 0.669. The van der Waals surface area contributed by atoms with Gasteiger partial charge in [-0.2, -0.15) is 0 Å². The Bertz CT molecular complexity index is 577. The fraction of sp³-hybridized carbons (Fsp3) is 0.400. The molecule has 100 valence electrons. The van der Waals surface area contributed by atoms with E-state index in [1.165, 1.54) is 5.69 Å². The minimum Gasteiger partial charge on any atom is -0.481 e. The lowest BCUT2D eigenvalue weighted by Gasteiger charge is -2.34. The van der Waals surface area contributed by atoms with Gasteiger partial charge < -0.3 is 14.5 Å². The Morgan fingerprint density at radius 3 is 2.53 bits per heavy atom. The Morgan fingerprint density at radius 1 is 1.05 bits per heavy atom. The second kappa shape index (κ2) is 5.05. The lowest BCUT2D eigenvalue weighted by molar-refractivity contribution is 0.313. The van der Waals surface area contributed by atoms with Crippen molar-refractivity contribution in [1.29, 1.82) is 0 Å². The molecule has 1 aromatic heterocycles. The van der Waals surface area contributed by atoms with Crippen molar-refractivity contribution in [2.75, 3.05) is 45.2 Å². The van der Waals surface area contributed by atoms with Crippen molar-refractivity contribution >= 4 is 16.6 Å². The number of pyridine rings is 1. The van der Waals surface area contributed by atoms with E-state index in [-0.39, 0.29) is 0 Å². The molecule has 1 aliphatic rings. The zero-order valence-electron chi connectivity index (χ0n) is 11.5. The van der Waals surface area contributed by atoms with E-state index in [9.17, 15) is 0 Å². The van der Waals surface area contributed by atoms with Crippen LogP contribution in [0.2, 0.25) is 0 Å². The normalized spacial score (nSPS) is 16.8. The van der Waals surface area contributed by atoms with Crippen LogP contribution in [0.4, 0.5) is 5.69 Å². The third-order valence-corrected chi connectivity index (χ3v) is 3.73. The fourth-order valence-corrected chi connectivity index (χ4v) is 2.46. The van der Waals surface area contributed by atoms with Crippen LogP contribution in [0, 0.1) is 0 Å². The molecule has 0 N–H and O–H groups in total. The first-order valence-corrected chi connectivity index (χ1v) is 6.64. The molecule has 1 aromatic carbocycles. The van der Waals surface area contributed by atoms with E-state index in [1.54, 1.807) is 7.11 Å². The van der Waals surface area contributed by atoms with Crippen molar-refractivity contribution in [2.45, 2.75) is 0 Å². The van der Waals surface area contributed by atoms with Crippen LogP contribution in [-0.2, 0) is 0 Å². The van der Waals surface area contributed by atoms with Gasteiger partial charge in [0.25, 0.3) is 0 Å². The van der Waals surface area contributed by atoms with Crippen LogP contribution in [-0.4, -0.2) is 50.2 Å². The van der Waals surface area contributed by atoms with Crippen molar-refractivity contribution in [3.63, 3.8) is 0 Å². The van der Waals surface area contributed by atoms with Crippen LogP contribution >= 0.6 is 0 Å². The van der Waals surface area contributed by atoms with E-state index in [2.05, 4.69) is 46.1 Å². The highest BCUT2D eigenvalue weighted by atomic mass is 16.5. The van der Waals surface area contributed by atoms with E-state index in [0.717, 1.165) is 37.1 Å². The first kappa shape index (κ1) is 12.2. The minimum absolute atomic E-state index is 0.669. The number of benzene rings is 1. The van der Waals surface area contributed by atoms with Crippen LogP contribution in [0.15, 0.2) is 30.3 Å². The summed E-state index contributed by atoms with van der Waals surface area (Å²) >= 11 is 0. The molecule has 0 atom stereocenters. The highest BCUT2D eigenvalue weighted by Crippen LogP contribution is 2.23. The highest BCUT2D eigenvalue weighted by Gasteiger charge is 2.14. The molecule has 2 aromatic rings. The van der Waals surface area contributed by atoms with Gasteiger partial charge in [-0.25, -0.2) is 4.98 Å². The van der Waals surface area contributed by atoms with Crippen molar-refractivity contribution in [2.24, 2.45) is 0 Å². The molecule has 0 radical (unpaired) electrons. The Hall–Kier alpha value is -1.81. The minimum atomic E-state index is 0.669. The van der Waals surface area contributed by atoms with Crippen molar-refractivity contribution in [3.05, 3.63) is 30.3 Å². The summed E-state index contributed by atoms with van der Waals surface area (Å²) in [5, 5.41) is 1.15. The molecule has 0 spiro atoms. The number of hydrogen-bond donors (Lipinski definition) is 0. The number of fused-ring (bicyclic) bond motifs is 1. The van der Waals surface area contributed by atoms with E-state index in [1.807, 2.05) is 6.07 Å². The first-order valence-electron chi connectivity index (χ1n) is 6.64. The Morgan fingerprint density at radius 2 is 1.79 bits per heavy atom. The molecule has 0 unspecified atom stereocenters. The predicted octanol–water partition coefficient (Wildman–Crippen LogP) is 2.00. The Kier molecular flexibility index (Phi) is 3.25. The third kappa shape index (κ3) is 2.49. The standard InChI is InChI=1S/C15H19N3O/c1-17-7-9-18(10-8-17)13-5-3-12-4-6-15(19-2)16-14(12)11-13/h3-6,11H,7-10H2,1-2H3. The average Bonchev–Trinajstić information content (AvgIpc) is 2.47. The fourth-order valence-electron chi connectivity index (χ4n) is 2.46. The van der Waals surface area contributed by atoms with Gasteiger partial charge in [0.15, 0.2) is 0 Å². The van der Waals surface area contributed by atoms with Gasteiger partial charge >= 0.3 is 0 Å². The number of rotatable bonds is 2. The summed E-state index contributed by atoms with van der Waals surface area (Å²) in [6.45, 7) is 4.38. The van der Waals surface area contributed by atoms with Crippen molar-refractivity contribution < 1.29 is 4.74 Å². The molecule has 4 nitrogen and oxygen atoms in total. The largest absolute Gasteiger partial charge is 0.481 e. The number of piperazine rings is 1. The van der Waals surface area contributed by atoms with E-state index >= 15 is 0 Å². The van der Waals surface area contributed by atoms with Gasteiger partial charge in [0.05, 0.1) is 12.6 Å². The maximum atomic E-state index is 5.19. The second-order valence-corrected chi connectivity index (χ2v) is 5.02. The third-order valence-electron chi connectivity index (χ3n) is 3.73. The molecule has 0 saturated carbocycles. The lowest BCUT2D eigenvalue weighted by Crippen LogP contribution is -2.44. The van der Waals surface area contributed by atoms with E-state index in [0.29, 0.717) is 5.88 Å². The van der Waals surface area contributed by atoms with E-state index < -0.39 is 0 Å². The average molecular weight is 257 g/mol. The molecule has 0 bridgehead atoms. The number of anilines is 1. The molecule has 19 heavy (non-hydrogen) atoms. The number of ether oxygens (including phenoxy) is 1. The van der Waals surface area contributed by atoms with Gasteiger partial charge in [-0.05, 0) is 25.2 Å². The molecule has 4 heteroatoms. The van der Waals surface area contributed by atoms with Crippen LogP contribution in [0.5, 0.6) is 5.88 Å². The summed E-state index contributed by atoms with van der Waals surface area (Å²) < 4.78 is 5.19. The molecule has 2 heterocycles. The Balaban J connectivity index is 1.91. The van der Waals surface area contributed by atoms with Crippen molar-refractivity contribution in [3.8, 4) is 5.88 Å². The maximum Gasteiger partial charge on any atom is 0.213 e. The topological polar surface area (TPSA) is 28.6 Å². The molecular formula is C15H19N3O. The summed E-state index contributed by atoms with van der Waals surface area (Å²) in [6.07, 6.45) is 0. The van der Waals surface area contributed by atoms with Crippen LogP contribution in [0.1, 0.15) is 0 Å². The number of nitrogens with zero attached hydrogens (tertiary/aromatic N) is 3. The Labute approximate surface area is 113 Å². The smallest absolute Gasteiger partial charge is 0.213 e. The van der Waals surface area contributed by atoms with E-state index in [4.69, 9.17) is 4.74 Å². The molecule has 0 amide bonds. The number of aromatic nitrogens is 1. The van der Waals surface area contributed by atoms with Crippen molar-refractivity contribution in [1.82, 2.24) is 9.88 Å². The van der Waals surface area contributed by atoms with Gasteiger partial charge in [0.1, 0.15) is 0 Å². The molecular weight excluding hydrogens is 238 g/mol. The lowest BCUT2D eigenvalue weighted by atomic mass is 10.1. The van der Waals surface area contributed by atoms with Gasteiger partial charge in [-0.3, -0.25) is 0 Å². The predicted molar refractivity (Wildman–Crippen MR) is 78.0 cm³/mol. The summed E-state index contributed by atoms with van der Waals surface area (Å²) in [5.41, 5.74) is 2.25. The number of methoxy groups -OCH3 is 1. The second-order valence-electron chi connectivity index (χ2n) is 5.02. The molecule has 1 fully saturated rings. The zero-order valence-corrected chi connectivity index (χ0v) is 11.5. The number of likely N-dealkylation sites (N-methyl/N-ethyl adjacent to an activating group) is 1. The molecule has 1 saturated heterocycles. The van der Waals surface area contributed by atoms with Gasteiger partial charge in [-0.15, -0.1) is 0 Å². The van der Waals surface area contributed by atoms with Gasteiger partial charge in [0.2, 0.25) is 5.88 Å². The number of hydrogen-bond acceptors (Lipinski definition) is 4. The highest BCUT2D eigenvalue weighted by molar-refractivity contribution is 5.83. The summed E-state index contributed by atoms with van der Waals surface area (Å²) in [6, 6.07) is 10.4. The van der Waals surface area contributed by atoms with Gasteiger partial charge in [0, 0.05) is 43.3 Å². The van der Waals surface area contributed by atoms with Crippen LogP contribution < -0.4 is 9.64 Å². The maximum absolute atomic E-state index is 5.19.